The number of thiophene rings is 1. The molecule has 2 N–H and O–H groups in total. The zero-order valence-electron chi connectivity index (χ0n) is 13.4. The zero-order chi connectivity index (χ0) is 18.2. The molecule has 1 atom stereocenters. The second kappa shape index (κ2) is 7.06. The molecule has 1 fully saturated rings. The molecule has 1 aromatic heterocycles. The van der Waals surface area contributed by atoms with Gasteiger partial charge in [-0.15, -0.1) is 11.3 Å². The molecule has 0 spiro atoms. The van der Waals surface area contributed by atoms with Crippen LogP contribution in [0.2, 0.25) is 0 Å². The maximum Gasteiger partial charge on any atom is 0.253 e. The van der Waals surface area contributed by atoms with Gasteiger partial charge < -0.3 is 10.4 Å². The number of rotatable bonds is 4. The standard InChI is InChI=1S/C16H17BrN2O4S2/c1-10-4-5-11(13(20)9-10)18-16(21)12-3-2-8-19(12)25(22,23)15-7-6-14(17)24-15/h4-7,9,12,20H,2-3,8H2,1H3,(H,18,21)/t12-/m0/s1. The highest BCUT2D eigenvalue weighted by Gasteiger charge is 2.40. The SMILES string of the molecule is Cc1ccc(NC(=O)[C@@H]2CCCN2S(=O)(=O)c2ccc(Br)s2)c(O)c1. The van der Waals surface area contributed by atoms with Crippen LogP contribution in [-0.4, -0.2) is 36.3 Å². The first-order chi connectivity index (χ1) is 11.8. The van der Waals surface area contributed by atoms with Crippen LogP contribution in [0.15, 0.2) is 38.3 Å². The van der Waals surface area contributed by atoms with Crippen LogP contribution in [0.4, 0.5) is 5.69 Å². The summed E-state index contributed by atoms with van der Waals surface area (Å²) in [6.07, 6.45) is 1.06. The summed E-state index contributed by atoms with van der Waals surface area (Å²) in [6, 6.07) is 7.33. The third-order valence-corrected chi connectivity index (χ3v) is 8.03. The van der Waals surface area contributed by atoms with Gasteiger partial charge in [0, 0.05) is 6.54 Å². The van der Waals surface area contributed by atoms with Crippen molar-refractivity contribution in [3.8, 4) is 5.75 Å². The van der Waals surface area contributed by atoms with Gasteiger partial charge in [-0.2, -0.15) is 4.31 Å². The zero-order valence-corrected chi connectivity index (χ0v) is 16.6. The third-order valence-electron chi connectivity index (χ3n) is 4.03. The van der Waals surface area contributed by atoms with Crippen molar-refractivity contribution in [2.24, 2.45) is 0 Å². The lowest BCUT2D eigenvalue weighted by molar-refractivity contribution is -0.119. The average Bonchev–Trinajstić information content (AvgIpc) is 3.19. The lowest BCUT2D eigenvalue weighted by Crippen LogP contribution is -2.42. The lowest BCUT2D eigenvalue weighted by atomic mass is 10.2. The Morgan fingerprint density at radius 2 is 2.12 bits per heavy atom. The van der Waals surface area contributed by atoms with Gasteiger partial charge in [-0.05, 0) is 65.5 Å². The first-order valence-corrected chi connectivity index (χ1v) is 10.7. The number of nitrogens with one attached hydrogen (secondary N) is 1. The van der Waals surface area contributed by atoms with Crippen LogP contribution in [0, 0.1) is 6.92 Å². The summed E-state index contributed by atoms with van der Waals surface area (Å²) < 4.78 is 27.8. The molecule has 25 heavy (non-hydrogen) atoms. The Morgan fingerprint density at radius 1 is 1.36 bits per heavy atom. The number of aryl methyl sites for hydroxylation is 1. The molecule has 134 valence electrons. The Bertz CT molecular complexity index is 911. The number of nitrogens with zero attached hydrogens (tertiary/aromatic N) is 1. The van der Waals surface area contributed by atoms with Gasteiger partial charge in [-0.25, -0.2) is 8.42 Å². The van der Waals surface area contributed by atoms with E-state index in [9.17, 15) is 18.3 Å². The van der Waals surface area contributed by atoms with E-state index in [4.69, 9.17) is 0 Å². The van der Waals surface area contributed by atoms with Gasteiger partial charge in [0.2, 0.25) is 5.91 Å². The molecule has 1 aromatic carbocycles. The fourth-order valence-electron chi connectivity index (χ4n) is 2.81. The van der Waals surface area contributed by atoms with Crippen molar-refractivity contribution in [2.45, 2.75) is 30.0 Å². The quantitative estimate of drug-likeness (QED) is 0.707. The van der Waals surface area contributed by atoms with E-state index < -0.39 is 22.0 Å². The van der Waals surface area contributed by atoms with Crippen LogP contribution >= 0.6 is 27.3 Å². The summed E-state index contributed by atoms with van der Waals surface area (Å²) in [6.45, 7) is 2.13. The van der Waals surface area contributed by atoms with Crippen molar-refractivity contribution in [1.29, 1.82) is 0 Å². The molecular weight excluding hydrogens is 428 g/mol. The number of benzene rings is 1. The van der Waals surface area contributed by atoms with E-state index in [1.807, 2.05) is 6.92 Å². The van der Waals surface area contributed by atoms with Crippen molar-refractivity contribution < 1.29 is 18.3 Å². The smallest absolute Gasteiger partial charge is 0.253 e. The minimum Gasteiger partial charge on any atom is -0.506 e. The molecule has 0 bridgehead atoms. The highest BCUT2D eigenvalue weighted by atomic mass is 79.9. The summed E-state index contributed by atoms with van der Waals surface area (Å²) in [7, 11) is -3.72. The average molecular weight is 445 g/mol. The number of hydrogen-bond acceptors (Lipinski definition) is 5. The van der Waals surface area contributed by atoms with Gasteiger partial charge in [0.05, 0.1) is 9.47 Å². The van der Waals surface area contributed by atoms with Gasteiger partial charge in [-0.3, -0.25) is 4.79 Å². The van der Waals surface area contributed by atoms with Gasteiger partial charge in [-0.1, -0.05) is 6.07 Å². The largest absolute Gasteiger partial charge is 0.506 e. The van der Waals surface area contributed by atoms with Crippen LogP contribution in [-0.2, 0) is 14.8 Å². The first kappa shape index (κ1) is 18.4. The number of carbonyl (C=O) groups excluding carboxylic acids is 1. The van der Waals surface area contributed by atoms with Gasteiger partial charge in [0.15, 0.2) is 0 Å². The number of phenolic OH excluding ortho intramolecular Hbond substituents is 1. The van der Waals surface area contributed by atoms with E-state index in [1.165, 1.54) is 10.4 Å². The Morgan fingerprint density at radius 3 is 2.76 bits per heavy atom. The molecule has 0 saturated carbocycles. The van der Waals surface area contributed by atoms with Gasteiger partial charge >= 0.3 is 0 Å². The molecule has 9 heteroatoms. The number of aromatic hydroxyl groups is 1. The Kier molecular flexibility index (Phi) is 5.19. The molecule has 6 nitrogen and oxygen atoms in total. The summed E-state index contributed by atoms with van der Waals surface area (Å²) in [5.74, 6) is -0.473. The highest BCUT2D eigenvalue weighted by Crippen LogP contribution is 2.33. The maximum atomic E-state index is 12.8. The molecule has 1 aliphatic rings. The second-order valence-corrected chi connectivity index (χ2v) is 10.4. The van der Waals surface area contributed by atoms with Gasteiger partial charge in [0.25, 0.3) is 10.0 Å². The van der Waals surface area contributed by atoms with Crippen molar-refractivity contribution >= 4 is 48.9 Å². The van der Waals surface area contributed by atoms with Crippen molar-refractivity contribution in [2.75, 3.05) is 11.9 Å². The summed E-state index contributed by atoms with van der Waals surface area (Å²) in [5, 5.41) is 12.6. The van der Waals surface area contributed by atoms with E-state index >= 15 is 0 Å². The van der Waals surface area contributed by atoms with E-state index in [0.29, 0.717) is 19.4 Å². The third kappa shape index (κ3) is 3.74. The molecule has 0 unspecified atom stereocenters. The predicted octanol–water partition coefficient (Wildman–Crippen LogP) is 3.32. The number of sulfonamides is 1. The van der Waals surface area contributed by atoms with E-state index in [0.717, 1.165) is 20.7 Å². The fourth-order valence-corrected chi connectivity index (χ4v) is 6.60. The van der Waals surface area contributed by atoms with Crippen LogP contribution in [0.3, 0.4) is 0 Å². The molecule has 1 saturated heterocycles. The van der Waals surface area contributed by atoms with Crippen molar-refractivity contribution in [3.63, 3.8) is 0 Å². The fraction of sp³-hybridized carbons (Fsp3) is 0.312. The predicted molar refractivity (Wildman–Crippen MR) is 100 cm³/mol. The van der Waals surface area contributed by atoms with E-state index in [-0.39, 0.29) is 15.6 Å². The van der Waals surface area contributed by atoms with Crippen LogP contribution in [0.5, 0.6) is 5.75 Å². The Hall–Kier alpha value is -1.42. The summed E-state index contributed by atoms with van der Waals surface area (Å²) >= 11 is 4.38. The van der Waals surface area contributed by atoms with Crippen LogP contribution in [0.25, 0.3) is 0 Å². The molecule has 2 heterocycles. The molecule has 0 radical (unpaired) electrons. The van der Waals surface area contributed by atoms with E-state index in [1.54, 1.807) is 24.3 Å². The highest BCUT2D eigenvalue weighted by molar-refractivity contribution is 9.11. The van der Waals surface area contributed by atoms with Crippen LogP contribution < -0.4 is 5.32 Å². The number of amides is 1. The molecule has 1 aliphatic heterocycles. The monoisotopic (exact) mass is 444 g/mol. The minimum absolute atomic E-state index is 0.0389. The molecule has 2 aromatic rings. The number of carbonyl (C=O) groups is 1. The molecule has 3 rings (SSSR count). The number of hydrogen-bond donors (Lipinski definition) is 2. The summed E-state index contributed by atoms with van der Waals surface area (Å²) in [5.41, 5.74) is 1.14. The minimum atomic E-state index is -3.72. The second-order valence-electron chi connectivity index (χ2n) is 5.84. The number of anilines is 1. The molecular formula is C16H17BrN2O4S2. The van der Waals surface area contributed by atoms with Crippen molar-refractivity contribution in [3.05, 3.63) is 39.7 Å². The lowest BCUT2D eigenvalue weighted by Gasteiger charge is -2.22. The number of halogens is 1. The van der Waals surface area contributed by atoms with Crippen LogP contribution in [0.1, 0.15) is 18.4 Å². The Labute approximate surface area is 158 Å². The number of phenols is 1. The first-order valence-electron chi connectivity index (χ1n) is 7.67. The topological polar surface area (TPSA) is 86.7 Å². The van der Waals surface area contributed by atoms with Crippen molar-refractivity contribution in [1.82, 2.24) is 4.31 Å². The molecule has 1 amide bonds. The Balaban J connectivity index is 1.82. The maximum absolute atomic E-state index is 12.8. The summed E-state index contributed by atoms with van der Waals surface area (Å²) in [4.78, 5) is 12.6. The van der Waals surface area contributed by atoms with Gasteiger partial charge in [0.1, 0.15) is 16.0 Å². The van der Waals surface area contributed by atoms with E-state index in [2.05, 4.69) is 21.2 Å². The molecule has 0 aliphatic carbocycles. The normalized spacial score (nSPS) is 18.4.